The first-order valence-corrected chi connectivity index (χ1v) is 5.14. The van der Waals surface area contributed by atoms with Crippen molar-refractivity contribution < 1.29 is 13.5 Å². The highest BCUT2D eigenvalue weighted by atomic mass is 32.2. The zero-order valence-corrected chi connectivity index (χ0v) is 8.16. The molecule has 13 heavy (non-hydrogen) atoms. The lowest BCUT2D eigenvalue weighted by molar-refractivity contribution is 0.200. The maximum atomic E-state index is 10.9. The molecule has 0 aromatic heterocycles. The van der Waals surface area contributed by atoms with Gasteiger partial charge in [-0.1, -0.05) is 30.3 Å². The minimum atomic E-state index is -1.41. The molecular formula is C9H12O3S. The summed E-state index contributed by atoms with van der Waals surface area (Å²) in [5, 5.41) is 9.55. The van der Waals surface area contributed by atoms with Crippen LogP contribution in [0.4, 0.5) is 0 Å². The van der Waals surface area contributed by atoms with Crippen LogP contribution in [0.3, 0.4) is 0 Å². The normalized spacial score (nSPS) is 15.2. The number of aliphatic hydroxyl groups is 1. The van der Waals surface area contributed by atoms with Gasteiger partial charge in [0.05, 0.1) is 19.0 Å². The Hall–Kier alpha value is -0.710. The summed E-state index contributed by atoms with van der Waals surface area (Å²) in [6.07, 6.45) is -0.720. The van der Waals surface area contributed by atoms with Crippen LogP contribution in [0.1, 0.15) is 11.7 Å². The maximum absolute atomic E-state index is 10.9. The SMILES string of the molecule is COS(=O)CC(O)c1ccccc1. The fourth-order valence-electron chi connectivity index (χ4n) is 0.968. The average Bonchev–Trinajstić information content (AvgIpc) is 2.19. The lowest BCUT2D eigenvalue weighted by Crippen LogP contribution is -2.09. The summed E-state index contributed by atoms with van der Waals surface area (Å²) in [5.41, 5.74) is 0.757. The van der Waals surface area contributed by atoms with E-state index >= 15 is 0 Å². The van der Waals surface area contributed by atoms with E-state index in [0.717, 1.165) is 5.56 Å². The summed E-state index contributed by atoms with van der Waals surface area (Å²) >= 11 is -1.41. The Kier molecular flexibility index (Phi) is 4.08. The molecule has 1 rings (SSSR count). The Morgan fingerprint density at radius 3 is 2.62 bits per heavy atom. The maximum Gasteiger partial charge on any atom is 0.158 e. The van der Waals surface area contributed by atoms with Crippen LogP contribution in [0.5, 0.6) is 0 Å². The summed E-state index contributed by atoms with van der Waals surface area (Å²) in [6.45, 7) is 0. The standard InChI is InChI=1S/C9H12O3S/c1-12-13(11)7-9(10)8-5-3-2-4-6-8/h2-6,9-10H,7H2,1H3. The summed E-state index contributed by atoms with van der Waals surface area (Å²) < 4.78 is 15.5. The molecular weight excluding hydrogens is 188 g/mol. The lowest BCUT2D eigenvalue weighted by atomic mass is 10.1. The van der Waals surface area contributed by atoms with E-state index in [-0.39, 0.29) is 5.75 Å². The first-order chi connectivity index (χ1) is 6.24. The van der Waals surface area contributed by atoms with Crippen molar-refractivity contribution in [2.45, 2.75) is 6.10 Å². The van der Waals surface area contributed by atoms with Crippen LogP contribution >= 0.6 is 0 Å². The smallest absolute Gasteiger partial charge is 0.158 e. The van der Waals surface area contributed by atoms with Gasteiger partial charge in [0.25, 0.3) is 0 Å². The van der Waals surface area contributed by atoms with E-state index in [0.29, 0.717) is 0 Å². The van der Waals surface area contributed by atoms with Gasteiger partial charge in [0.2, 0.25) is 0 Å². The predicted octanol–water partition coefficient (Wildman–Crippen LogP) is 1.03. The van der Waals surface area contributed by atoms with Gasteiger partial charge in [0, 0.05) is 0 Å². The second kappa shape index (κ2) is 5.11. The molecule has 0 aliphatic rings. The van der Waals surface area contributed by atoms with Crippen molar-refractivity contribution in [3.63, 3.8) is 0 Å². The number of aliphatic hydroxyl groups excluding tert-OH is 1. The van der Waals surface area contributed by atoms with Gasteiger partial charge in [-0.05, 0) is 5.56 Å². The zero-order chi connectivity index (χ0) is 9.68. The van der Waals surface area contributed by atoms with Crippen LogP contribution in [-0.4, -0.2) is 22.2 Å². The summed E-state index contributed by atoms with van der Waals surface area (Å²) in [4.78, 5) is 0. The van der Waals surface area contributed by atoms with Gasteiger partial charge < -0.3 is 5.11 Å². The van der Waals surface area contributed by atoms with E-state index in [1.165, 1.54) is 7.11 Å². The Morgan fingerprint density at radius 1 is 1.46 bits per heavy atom. The van der Waals surface area contributed by atoms with Crippen LogP contribution in [0, 0.1) is 0 Å². The molecule has 1 aromatic rings. The van der Waals surface area contributed by atoms with E-state index < -0.39 is 17.2 Å². The highest BCUT2D eigenvalue weighted by Crippen LogP contribution is 2.12. The minimum Gasteiger partial charge on any atom is -0.387 e. The summed E-state index contributed by atoms with van der Waals surface area (Å²) in [6, 6.07) is 9.10. The molecule has 1 N–H and O–H groups in total. The fourth-order valence-corrected chi connectivity index (χ4v) is 1.55. The molecule has 0 saturated heterocycles. The third-order valence-electron chi connectivity index (χ3n) is 1.66. The molecule has 72 valence electrons. The van der Waals surface area contributed by atoms with Gasteiger partial charge in [-0.25, -0.2) is 4.21 Å². The van der Waals surface area contributed by atoms with E-state index in [9.17, 15) is 9.32 Å². The Labute approximate surface area is 80.0 Å². The minimum absolute atomic E-state index is 0.112. The van der Waals surface area contributed by atoms with E-state index in [1.807, 2.05) is 18.2 Å². The van der Waals surface area contributed by atoms with E-state index in [1.54, 1.807) is 12.1 Å². The van der Waals surface area contributed by atoms with Crippen LogP contribution in [0.25, 0.3) is 0 Å². The highest BCUT2D eigenvalue weighted by molar-refractivity contribution is 7.80. The van der Waals surface area contributed by atoms with E-state index in [4.69, 9.17) is 0 Å². The van der Waals surface area contributed by atoms with Crippen molar-refractivity contribution >= 4 is 11.1 Å². The van der Waals surface area contributed by atoms with Gasteiger partial charge in [-0.15, -0.1) is 0 Å². The van der Waals surface area contributed by atoms with Crippen molar-refractivity contribution in [1.29, 1.82) is 0 Å². The van der Waals surface area contributed by atoms with Gasteiger partial charge in [-0.3, -0.25) is 4.18 Å². The lowest BCUT2D eigenvalue weighted by Gasteiger charge is -2.08. The third-order valence-corrected chi connectivity index (χ3v) is 2.62. The molecule has 2 atom stereocenters. The Balaban J connectivity index is 2.59. The number of rotatable bonds is 4. The Morgan fingerprint density at radius 2 is 2.08 bits per heavy atom. The Bertz CT molecular complexity index is 273. The molecule has 0 heterocycles. The zero-order valence-electron chi connectivity index (χ0n) is 7.34. The molecule has 1 aromatic carbocycles. The van der Waals surface area contributed by atoms with Crippen LogP contribution < -0.4 is 0 Å². The monoisotopic (exact) mass is 200 g/mol. The second-order valence-electron chi connectivity index (χ2n) is 2.56. The molecule has 0 fully saturated rings. The molecule has 0 aliphatic carbocycles. The largest absolute Gasteiger partial charge is 0.387 e. The highest BCUT2D eigenvalue weighted by Gasteiger charge is 2.10. The molecule has 0 radical (unpaired) electrons. The van der Waals surface area contributed by atoms with Gasteiger partial charge in [-0.2, -0.15) is 0 Å². The van der Waals surface area contributed by atoms with Crippen molar-refractivity contribution in [3.8, 4) is 0 Å². The number of hydrogen-bond donors (Lipinski definition) is 1. The first-order valence-electron chi connectivity index (χ1n) is 3.90. The van der Waals surface area contributed by atoms with Gasteiger partial charge >= 0.3 is 0 Å². The van der Waals surface area contributed by atoms with Crippen LogP contribution in [0.15, 0.2) is 30.3 Å². The molecule has 2 unspecified atom stereocenters. The van der Waals surface area contributed by atoms with Crippen LogP contribution in [0.2, 0.25) is 0 Å². The first kappa shape index (κ1) is 10.4. The molecule has 0 bridgehead atoms. The second-order valence-corrected chi connectivity index (χ2v) is 3.84. The summed E-state index contributed by atoms with van der Waals surface area (Å²) in [7, 11) is 1.35. The topological polar surface area (TPSA) is 46.5 Å². The molecule has 0 spiro atoms. The van der Waals surface area contributed by atoms with Crippen molar-refractivity contribution in [3.05, 3.63) is 35.9 Å². The fraction of sp³-hybridized carbons (Fsp3) is 0.333. The van der Waals surface area contributed by atoms with E-state index in [2.05, 4.69) is 4.18 Å². The predicted molar refractivity (Wildman–Crippen MR) is 51.4 cm³/mol. The third kappa shape index (κ3) is 3.26. The molecule has 0 saturated carbocycles. The van der Waals surface area contributed by atoms with Crippen molar-refractivity contribution in [2.24, 2.45) is 0 Å². The quantitative estimate of drug-likeness (QED) is 0.789. The molecule has 0 aliphatic heterocycles. The summed E-state index contributed by atoms with van der Waals surface area (Å²) in [5.74, 6) is 0.112. The average molecular weight is 200 g/mol. The molecule has 3 nitrogen and oxygen atoms in total. The molecule has 0 amide bonds. The van der Waals surface area contributed by atoms with Crippen molar-refractivity contribution in [2.75, 3.05) is 12.9 Å². The van der Waals surface area contributed by atoms with Crippen molar-refractivity contribution in [1.82, 2.24) is 0 Å². The van der Waals surface area contributed by atoms with Crippen LogP contribution in [-0.2, 0) is 15.3 Å². The van der Waals surface area contributed by atoms with Gasteiger partial charge in [0.1, 0.15) is 0 Å². The number of hydrogen-bond acceptors (Lipinski definition) is 3. The van der Waals surface area contributed by atoms with Gasteiger partial charge in [0.15, 0.2) is 11.1 Å². The number of benzene rings is 1. The molecule has 4 heteroatoms.